The highest BCUT2D eigenvalue weighted by atomic mass is 32.2. The maximum absolute atomic E-state index is 14.2. The maximum atomic E-state index is 14.2. The number of fused-ring (bicyclic) bond motifs is 1. The summed E-state index contributed by atoms with van der Waals surface area (Å²) < 4.78 is 55.8. The number of piperidine rings is 1. The lowest BCUT2D eigenvalue weighted by Gasteiger charge is -2.34. The quantitative estimate of drug-likeness (QED) is 0.397. The molecule has 0 spiro atoms. The summed E-state index contributed by atoms with van der Waals surface area (Å²) in [6, 6.07) is 2.55. The summed E-state index contributed by atoms with van der Waals surface area (Å²) in [6.07, 6.45) is 2.06. The minimum atomic E-state index is -4.46. The first-order valence-electron chi connectivity index (χ1n) is 15.1. The molecule has 5 heterocycles. The van der Waals surface area contributed by atoms with Crippen LogP contribution in [0.25, 0.3) is 11.0 Å². The van der Waals surface area contributed by atoms with E-state index >= 15 is 0 Å². The Morgan fingerprint density at radius 1 is 0.955 bits per heavy atom. The smallest absolute Gasteiger partial charge is 0.353 e. The van der Waals surface area contributed by atoms with Crippen LogP contribution in [0.1, 0.15) is 80.7 Å². The molecule has 2 saturated heterocycles. The van der Waals surface area contributed by atoms with Gasteiger partial charge in [-0.05, 0) is 87.6 Å². The summed E-state index contributed by atoms with van der Waals surface area (Å²) in [4.78, 5) is 48.7. The molecule has 6 rings (SSSR count). The summed E-state index contributed by atoms with van der Waals surface area (Å²) >= 11 is 1.82. The third-order valence-corrected chi connectivity index (χ3v) is 10.2. The normalized spacial score (nSPS) is 25.2. The van der Waals surface area contributed by atoms with E-state index in [1.165, 1.54) is 10.6 Å². The number of thioether (sulfide) groups is 1. The molecule has 0 radical (unpaired) electrons. The van der Waals surface area contributed by atoms with Crippen LogP contribution >= 0.6 is 11.8 Å². The Hall–Kier alpha value is -3.26. The van der Waals surface area contributed by atoms with Crippen molar-refractivity contribution < 1.29 is 22.4 Å². The number of alkyl halides is 3. The number of amides is 1. The molecule has 2 atom stereocenters. The summed E-state index contributed by atoms with van der Waals surface area (Å²) in [5.41, 5.74) is -1.08. The Kier molecular flexibility index (Phi) is 8.82. The number of carbonyl (C=O) groups is 1. The van der Waals surface area contributed by atoms with Crippen molar-refractivity contribution in [3.05, 3.63) is 68.5 Å². The van der Waals surface area contributed by atoms with Crippen LogP contribution in [0, 0.1) is 11.7 Å². The van der Waals surface area contributed by atoms with Gasteiger partial charge in [0.15, 0.2) is 0 Å². The van der Waals surface area contributed by atoms with E-state index in [0.29, 0.717) is 50.8 Å². The number of pyridine rings is 2. The summed E-state index contributed by atoms with van der Waals surface area (Å²) in [7, 11) is 0. The van der Waals surface area contributed by atoms with E-state index < -0.39 is 28.8 Å². The third kappa shape index (κ3) is 6.28. The number of hydrogen-bond acceptors (Lipinski definition) is 7. The molecular weight excluding hydrogens is 600 g/mol. The van der Waals surface area contributed by atoms with Crippen LogP contribution in [-0.2, 0) is 11.0 Å². The van der Waals surface area contributed by atoms with E-state index in [9.17, 15) is 31.9 Å². The van der Waals surface area contributed by atoms with Crippen molar-refractivity contribution in [2.75, 3.05) is 18.1 Å². The van der Waals surface area contributed by atoms with Crippen molar-refractivity contribution in [3.63, 3.8) is 0 Å². The predicted octanol–water partition coefficient (Wildman–Crippen LogP) is 4.52. The number of hydrogen-bond donors (Lipinski definition) is 2. The molecule has 0 bridgehead atoms. The number of nitrogens with one attached hydrogen (secondary N) is 2. The van der Waals surface area contributed by atoms with Crippen molar-refractivity contribution in [2.45, 2.75) is 81.7 Å². The van der Waals surface area contributed by atoms with Crippen LogP contribution in [0.2, 0.25) is 0 Å². The Morgan fingerprint density at radius 2 is 1.68 bits per heavy atom. The summed E-state index contributed by atoms with van der Waals surface area (Å²) in [5.74, 6) is 0.708. The van der Waals surface area contributed by atoms with E-state index in [4.69, 9.17) is 0 Å². The molecule has 2 N–H and O–H groups in total. The van der Waals surface area contributed by atoms with Gasteiger partial charge < -0.3 is 10.6 Å². The zero-order valence-electron chi connectivity index (χ0n) is 24.0. The fourth-order valence-corrected chi connectivity index (χ4v) is 7.84. The van der Waals surface area contributed by atoms with Gasteiger partial charge in [-0.1, -0.05) is 0 Å². The second-order valence-corrected chi connectivity index (χ2v) is 13.1. The molecule has 1 saturated carbocycles. The molecule has 1 aliphatic carbocycles. The molecule has 0 aromatic carbocycles. The van der Waals surface area contributed by atoms with Gasteiger partial charge in [-0.2, -0.15) is 24.9 Å². The van der Waals surface area contributed by atoms with Crippen LogP contribution in [0.15, 0.2) is 40.2 Å². The zero-order valence-corrected chi connectivity index (χ0v) is 24.8. The molecular formula is C30H34F4N6O3S. The van der Waals surface area contributed by atoms with Crippen molar-refractivity contribution >= 4 is 28.7 Å². The maximum Gasteiger partial charge on any atom is 0.417 e. The SMILES string of the molecule is O=C(NC1CCC(n2c(=O)c3cc(F)cnc3n(C3CCSCC3)c2=O)CC1)C1CCNC(c2ccc(C(F)(F)F)cn2)C1. The number of aromatic nitrogens is 4. The highest BCUT2D eigenvalue weighted by Crippen LogP contribution is 2.33. The summed E-state index contributed by atoms with van der Waals surface area (Å²) in [5, 5.41) is 6.46. The minimum absolute atomic E-state index is 0.0984. The molecule has 14 heteroatoms. The van der Waals surface area contributed by atoms with Crippen molar-refractivity contribution in [3.8, 4) is 0 Å². The second-order valence-electron chi connectivity index (χ2n) is 11.9. The molecule has 3 fully saturated rings. The lowest BCUT2D eigenvalue weighted by atomic mass is 9.87. The topological polar surface area (TPSA) is 111 Å². The zero-order chi connectivity index (χ0) is 31.0. The highest BCUT2D eigenvalue weighted by Gasteiger charge is 2.34. The van der Waals surface area contributed by atoms with Crippen molar-refractivity contribution in [1.82, 2.24) is 29.7 Å². The second kappa shape index (κ2) is 12.6. The van der Waals surface area contributed by atoms with Gasteiger partial charge in [0, 0.05) is 30.2 Å². The van der Waals surface area contributed by atoms with E-state index in [1.807, 2.05) is 11.8 Å². The van der Waals surface area contributed by atoms with Crippen LogP contribution in [0.4, 0.5) is 17.6 Å². The number of halogens is 4. The van der Waals surface area contributed by atoms with E-state index in [1.54, 1.807) is 4.57 Å². The lowest BCUT2D eigenvalue weighted by molar-refractivity contribution is -0.137. The monoisotopic (exact) mass is 634 g/mol. The molecule has 236 valence electrons. The minimum Gasteiger partial charge on any atom is -0.353 e. The van der Waals surface area contributed by atoms with Gasteiger partial charge in [0.05, 0.1) is 28.9 Å². The third-order valence-electron chi connectivity index (χ3n) is 9.13. The number of carbonyl (C=O) groups excluding carboxylic acids is 1. The number of nitrogens with zero attached hydrogens (tertiary/aromatic N) is 4. The van der Waals surface area contributed by atoms with Gasteiger partial charge in [0.25, 0.3) is 5.56 Å². The van der Waals surface area contributed by atoms with Crippen LogP contribution in [0.3, 0.4) is 0 Å². The van der Waals surface area contributed by atoms with Crippen molar-refractivity contribution in [2.24, 2.45) is 5.92 Å². The fraction of sp³-hybridized carbons (Fsp3) is 0.567. The van der Waals surface area contributed by atoms with E-state index in [0.717, 1.165) is 48.9 Å². The van der Waals surface area contributed by atoms with Gasteiger partial charge in [-0.3, -0.25) is 23.7 Å². The van der Waals surface area contributed by atoms with Crippen LogP contribution in [-0.4, -0.2) is 49.1 Å². The van der Waals surface area contributed by atoms with Gasteiger partial charge >= 0.3 is 11.9 Å². The molecule has 2 unspecified atom stereocenters. The Morgan fingerprint density at radius 3 is 2.36 bits per heavy atom. The Balaban J connectivity index is 1.13. The average Bonchev–Trinajstić information content (AvgIpc) is 3.02. The fourth-order valence-electron chi connectivity index (χ4n) is 6.76. The Labute approximate surface area is 254 Å². The molecule has 3 aromatic heterocycles. The van der Waals surface area contributed by atoms with E-state index in [-0.39, 0.29) is 47.0 Å². The molecule has 9 nitrogen and oxygen atoms in total. The van der Waals surface area contributed by atoms with Gasteiger partial charge in [0.1, 0.15) is 11.5 Å². The lowest BCUT2D eigenvalue weighted by Crippen LogP contribution is -2.48. The van der Waals surface area contributed by atoms with Crippen LogP contribution in [0.5, 0.6) is 0 Å². The van der Waals surface area contributed by atoms with Gasteiger partial charge in [-0.25, -0.2) is 14.2 Å². The largest absolute Gasteiger partial charge is 0.417 e. The first-order valence-corrected chi connectivity index (χ1v) is 16.2. The molecule has 1 amide bonds. The molecule has 3 aliphatic rings. The number of rotatable bonds is 5. The molecule has 44 heavy (non-hydrogen) atoms. The predicted molar refractivity (Wildman–Crippen MR) is 158 cm³/mol. The summed E-state index contributed by atoms with van der Waals surface area (Å²) in [6.45, 7) is 0.532. The first-order chi connectivity index (χ1) is 21.1. The standard InChI is InChI=1S/C30H34F4N6O3S/c31-19-14-23-26(37-16-19)39(22-8-11-44-12-9-22)29(43)40(28(23)42)21-4-2-20(3-5-21)38-27(41)17-7-10-35-25(13-17)24-6-1-18(15-36-24)30(32,33)34/h1,6,14-17,20-22,25,35H,2-5,7-13H2,(H,38,41). The first kappa shape index (κ1) is 30.8. The van der Waals surface area contributed by atoms with Gasteiger partial charge in [0.2, 0.25) is 5.91 Å². The van der Waals surface area contributed by atoms with Gasteiger partial charge in [-0.15, -0.1) is 0 Å². The Bertz CT molecular complexity index is 1630. The average molecular weight is 635 g/mol. The molecule has 3 aromatic rings. The van der Waals surface area contributed by atoms with Crippen LogP contribution < -0.4 is 21.9 Å². The van der Waals surface area contributed by atoms with E-state index in [2.05, 4.69) is 20.6 Å². The molecule has 2 aliphatic heterocycles. The van der Waals surface area contributed by atoms with Crippen molar-refractivity contribution in [1.29, 1.82) is 0 Å². The highest BCUT2D eigenvalue weighted by molar-refractivity contribution is 7.99.